The van der Waals surface area contributed by atoms with Crippen molar-refractivity contribution in [3.05, 3.63) is 59.1 Å². The minimum atomic E-state index is -0.0963. The van der Waals surface area contributed by atoms with E-state index in [2.05, 4.69) is 29.5 Å². The van der Waals surface area contributed by atoms with Crippen LogP contribution in [0.15, 0.2) is 30.9 Å². The molecule has 0 saturated carbocycles. The van der Waals surface area contributed by atoms with E-state index in [1.54, 1.807) is 13.2 Å². The number of fused-ring (bicyclic) bond motifs is 2. The number of likely N-dealkylation sites (N-methyl/N-ethyl adjacent to an activating group) is 1. The van der Waals surface area contributed by atoms with Crippen molar-refractivity contribution >= 4 is 11.7 Å². The molecule has 41 heavy (non-hydrogen) atoms. The largest absolute Gasteiger partial charge is 0.462 e. The van der Waals surface area contributed by atoms with Crippen molar-refractivity contribution in [2.75, 3.05) is 58.5 Å². The van der Waals surface area contributed by atoms with E-state index in [1.807, 2.05) is 11.0 Å². The number of carbonyl (C=O) groups excluding carboxylic acids is 1. The molecule has 0 unspecified atom stereocenters. The Morgan fingerprint density at radius 1 is 1.12 bits per heavy atom. The molecule has 0 bridgehead atoms. The lowest BCUT2D eigenvalue weighted by Crippen LogP contribution is -2.57. The molecule has 220 valence electrons. The van der Waals surface area contributed by atoms with Crippen LogP contribution in [0.2, 0.25) is 0 Å². The van der Waals surface area contributed by atoms with Crippen LogP contribution in [0.4, 0.5) is 10.2 Å². The van der Waals surface area contributed by atoms with Crippen LogP contribution in [-0.4, -0.2) is 91.3 Å². The van der Waals surface area contributed by atoms with E-state index in [1.165, 1.54) is 18.1 Å². The SMILES string of the molecule is C=CC(=O)N1CCN(c2nc(OC[C@@H]3CCCN3C)nc3c2CC[C@]2(CCc4c(F)cccc4C2)C3)C[C@@H]1COC. The van der Waals surface area contributed by atoms with Crippen LogP contribution in [0.3, 0.4) is 0 Å². The number of likely N-dealkylation sites (tertiary alicyclic amines) is 1. The fourth-order valence-electron chi connectivity index (χ4n) is 7.50. The normalized spacial score (nSPS) is 26.1. The van der Waals surface area contributed by atoms with Gasteiger partial charge in [0.05, 0.1) is 18.3 Å². The van der Waals surface area contributed by atoms with Gasteiger partial charge in [-0.05, 0) is 93.6 Å². The molecule has 1 amide bonds. The third kappa shape index (κ3) is 5.58. The topological polar surface area (TPSA) is 71.0 Å². The first-order chi connectivity index (χ1) is 19.9. The molecule has 3 heterocycles. The van der Waals surface area contributed by atoms with Crippen molar-refractivity contribution in [3.63, 3.8) is 0 Å². The van der Waals surface area contributed by atoms with E-state index in [-0.39, 0.29) is 23.2 Å². The Morgan fingerprint density at radius 2 is 1.95 bits per heavy atom. The third-order valence-corrected chi connectivity index (χ3v) is 9.86. The maximum atomic E-state index is 14.5. The summed E-state index contributed by atoms with van der Waals surface area (Å²) < 4.78 is 26.3. The van der Waals surface area contributed by atoms with Gasteiger partial charge in [-0.3, -0.25) is 4.79 Å². The van der Waals surface area contributed by atoms with Crippen molar-refractivity contribution in [2.24, 2.45) is 5.41 Å². The highest BCUT2D eigenvalue weighted by Crippen LogP contribution is 2.47. The van der Waals surface area contributed by atoms with Crippen LogP contribution in [0.1, 0.15) is 48.1 Å². The molecule has 8 nitrogen and oxygen atoms in total. The standard InChI is InChI=1S/C32H42FN5O3/c1-4-29(39)38-16-15-37(19-24(38)20-40-3)30-26-11-13-32(12-10-25-22(17-32)7-5-9-27(25)33)18-28(26)34-31(35-30)41-21-23-8-6-14-36(23)2/h4-5,7,9,23-24H,1,6,8,10-21H2,2-3H3/t23-,24+,32-/m0/s1. The molecule has 1 aromatic carbocycles. The van der Waals surface area contributed by atoms with Crippen molar-refractivity contribution in [2.45, 2.75) is 63.5 Å². The van der Waals surface area contributed by atoms with Gasteiger partial charge in [-0.2, -0.15) is 9.97 Å². The Labute approximate surface area is 242 Å². The van der Waals surface area contributed by atoms with Crippen LogP contribution >= 0.6 is 0 Å². The zero-order valence-electron chi connectivity index (χ0n) is 24.4. The minimum Gasteiger partial charge on any atom is -0.462 e. The lowest BCUT2D eigenvalue weighted by atomic mass is 9.63. The first-order valence-electron chi connectivity index (χ1n) is 15.1. The molecule has 2 aliphatic carbocycles. The second kappa shape index (κ2) is 11.7. The number of anilines is 1. The average molecular weight is 564 g/mol. The van der Waals surface area contributed by atoms with Crippen molar-refractivity contribution < 1.29 is 18.7 Å². The van der Waals surface area contributed by atoms with Gasteiger partial charge in [0.1, 0.15) is 18.2 Å². The highest BCUT2D eigenvalue weighted by atomic mass is 19.1. The number of nitrogens with zero attached hydrogens (tertiary/aromatic N) is 5. The number of methoxy groups -OCH3 is 1. The van der Waals surface area contributed by atoms with Gasteiger partial charge in [-0.1, -0.05) is 18.7 Å². The summed E-state index contributed by atoms with van der Waals surface area (Å²) in [7, 11) is 3.81. The molecule has 3 atom stereocenters. The van der Waals surface area contributed by atoms with Gasteiger partial charge in [0, 0.05) is 38.3 Å². The number of benzene rings is 1. The second-order valence-electron chi connectivity index (χ2n) is 12.4. The van der Waals surface area contributed by atoms with Crippen LogP contribution in [0.25, 0.3) is 0 Å². The second-order valence-corrected chi connectivity index (χ2v) is 12.4. The molecule has 4 aliphatic rings. The van der Waals surface area contributed by atoms with E-state index in [4.69, 9.17) is 19.4 Å². The maximum absolute atomic E-state index is 14.5. The number of piperazine rings is 1. The summed E-state index contributed by atoms with van der Waals surface area (Å²) in [5.41, 5.74) is 4.33. The van der Waals surface area contributed by atoms with Crippen molar-refractivity contribution in [1.29, 1.82) is 0 Å². The van der Waals surface area contributed by atoms with Crippen molar-refractivity contribution in [3.8, 4) is 6.01 Å². The summed E-state index contributed by atoms with van der Waals surface area (Å²) in [6.45, 7) is 7.66. The van der Waals surface area contributed by atoms with E-state index >= 15 is 0 Å². The lowest BCUT2D eigenvalue weighted by molar-refractivity contribution is -0.129. The van der Waals surface area contributed by atoms with E-state index in [9.17, 15) is 9.18 Å². The van der Waals surface area contributed by atoms with E-state index in [0.717, 1.165) is 74.1 Å². The number of amides is 1. The molecular weight excluding hydrogens is 521 g/mol. The molecule has 0 N–H and O–H groups in total. The van der Waals surface area contributed by atoms with Gasteiger partial charge in [-0.25, -0.2) is 4.39 Å². The first-order valence-corrected chi connectivity index (χ1v) is 15.1. The number of rotatable bonds is 7. The number of carbonyl (C=O) groups is 1. The Kier molecular flexibility index (Phi) is 8.01. The van der Waals surface area contributed by atoms with Gasteiger partial charge < -0.3 is 24.2 Å². The zero-order valence-corrected chi connectivity index (χ0v) is 24.4. The summed E-state index contributed by atoms with van der Waals surface area (Å²) in [5.74, 6) is 0.774. The van der Waals surface area contributed by atoms with Gasteiger partial charge in [0.15, 0.2) is 0 Å². The maximum Gasteiger partial charge on any atom is 0.318 e. The third-order valence-electron chi connectivity index (χ3n) is 9.86. The highest BCUT2D eigenvalue weighted by molar-refractivity contribution is 5.87. The number of halogens is 1. The first kappa shape index (κ1) is 28.1. The minimum absolute atomic E-state index is 0.0655. The molecule has 1 aromatic heterocycles. The molecule has 2 aliphatic heterocycles. The summed E-state index contributed by atoms with van der Waals surface area (Å²) in [5, 5.41) is 0. The molecular formula is C32H42FN5O3. The van der Waals surface area contributed by atoms with Gasteiger partial charge in [0.2, 0.25) is 5.91 Å². The molecule has 2 aromatic rings. The predicted molar refractivity (Wildman–Crippen MR) is 156 cm³/mol. The van der Waals surface area contributed by atoms with Gasteiger partial charge in [-0.15, -0.1) is 0 Å². The molecule has 0 radical (unpaired) electrons. The molecule has 1 spiro atoms. The fraction of sp³-hybridized carbons (Fsp3) is 0.594. The van der Waals surface area contributed by atoms with Crippen LogP contribution in [0, 0.1) is 11.2 Å². The van der Waals surface area contributed by atoms with Crippen LogP contribution < -0.4 is 9.64 Å². The number of aromatic nitrogens is 2. The summed E-state index contributed by atoms with van der Waals surface area (Å²) in [4.78, 5) is 29.1. The Morgan fingerprint density at radius 3 is 2.71 bits per heavy atom. The summed E-state index contributed by atoms with van der Waals surface area (Å²) >= 11 is 0. The highest BCUT2D eigenvalue weighted by Gasteiger charge is 2.41. The van der Waals surface area contributed by atoms with E-state index in [0.29, 0.717) is 44.9 Å². The van der Waals surface area contributed by atoms with Gasteiger partial charge in [0.25, 0.3) is 0 Å². The average Bonchev–Trinajstić information content (AvgIpc) is 3.39. The zero-order chi connectivity index (χ0) is 28.6. The number of ether oxygens (including phenoxy) is 2. The molecule has 6 rings (SSSR count). The Hall–Kier alpha value is -3.04. The predicted octanol–water partition coefficient (Wildman–Crippen LogP) is 3.60. The number of hydrogen-bond acceptors (Lipinski definition) is 7. The van der Waals surface area contributed by atoms with Crippen LogP contribution in [0.5, 0.6) is 6.01 Å². The summed E-state index contributed by atoms with van der Waals surface area (Å²) in [6, 6.07) is 6.22. The Bertz CT molecular complexity index is 1300. The quantitative estimate of drug-likeness (QED) is 0.477. The Balaban J connectivity index is 1.30. The fourth-order valence-corrected chi connectivity index (χ4v) is 7.50. The molecule has 2 saturated heterocycles. The van der Waals surface area contributed by atoms with Crippen molar-refractivity contribution in [1.82, 2.24) is 19.8 Å². The van der Waals surface area contributed by atoms with E-state index < -0.39 is 0 Å². The monoisotopic (exact) mass is 563 g/mol. The number of hydrogen-bond donors (Lipinski definition) is 0. The van der Waals surface area contributed by atoms with Crippen LogP contribution in [-0.2, 0) is 35.2 Å². The lowest BCUT2D eigenvalue weighted by Gasteiger charge is -2.44. The molecule has 9 heteroatoms. The smallest absolute Gasteiger partial charge is 0.318 e. The summed E-state index contributed by atoms with van der Waals surface area (Å²) in [6.07, 6.45) is 9.02. The molecule has 2 fully saturated rings. The van der Waals surface area contributed by atoms with Gasteiger partial charge >= 0.3 is 6.01 Å².